The van der Waals surface area contributed by atoms with Gasteiger partial charge >= 0.3 is 11.9 Å². The average molecular weight is 803 g/mol. The van der Waals surface area contributed by atoms with Crippen molar-refractivity contribution in [1.29, 1.82) is 0 Å². The number of carboxylic acids is 1. The van der Waals surface area contributed by atoms with Crippen molar-refractivity contribution in [3.05, 3.63) is 39.8 Å². The van der Waals surface area contributed by atoms with E-state index in [-0.39, 0.29) is 72.4 Å². The number of carbonyl (C=O) groups excluding carboxylic acids is 5. The van der Waals surface area contributed by atoms with Gasteiger partial charge in [0.25, 0.3) is 5.91 Å². The topological polar surface area (TPSA) is 208 Å². The van der Waals surface area contributed by atoms with E-state index in [1.807, 2.05) is 27.7 Å². The number of anilines is 1. The van der Waals surface area contributed by atoms with E-state index in [1.165, 1.54) is 25.3 Å². The summed E-state index contributed by atoms with van der Waals surface area (Å²) in [6.07, 6.45) is 0.354. The van der Waals surface area contributed by atoms with Crippen LogP contribution in [0.2, 0.25) is 0 Å². The van der Waals surface area contributed by atoms with Crippen LogP contribution in [-0.2, 0) is 35.1 Å². The Morgan fingerprint density at radius 3 is 2.16 bits per heavy atom. The second-order valence-corrected chi connectivity index (χ2v) is 16.4. The summed E-state index contributed by atoms with van der Waals surface area (Å²) in [7, 11) is 5.27. The third-order valence-electron chi connectivity index (χ3n) is 10.4. The Morgan fingerprint density at radius 2 is 1.62 bits per heavy atom. The second kappa shape index (κ2) is 21.1. The lowest BCUT2D eigenvalue weighted by atomic mass is 9.92. The molecule has 0 bridgehead atoms. The molecule has 2 rings (SSSR count). The summed E-state index contributed by atoms with van der Waals surface area (Å²) in [5.74, 6) is -4.27. The summed E-state index contributed by atoms with van der Waals surface area (Å²) in [5.41, 5.74) is 0.00638. The molecule has 4 amide bonds. The van der Waals surface area contributed by atoms with Gasteiger partial charge in [-0.2, -0.15) is 0 Å². The van der Waals surface area contributed by atoms with Gasteiger partial charge in [-0.25, -0.2) is 4.98 Å². The predicted octanol–water partition coefficient (Wildman–Crippen LogP) is 5.00. The molecule has 0 aliphatic heterocycles. The maximum Gasteiger partial charge on any atom is 0.306 e. The Balaban J connectivity index is 2.39. The number of aliphatic carboxylic acids is 1. The lowest BCUT2D eigenvalue weighted by molar-refractivity contribution is -0.149. The molecule has 312 valence electrons. The summed E-state index contributed by atoms with van der Waals surface area (Å²) in [6.45, 7) is 15.8. The zero-order valence-corrected chi connectivity index (χ0v) is 35.7. The molecule has 1 aromatic heterocycles. The van der Waals surface area contributed by atoms with Crippen molar-refractivity contribution in [2.75, 3.05) is 26.5 Å². The molecule has 1 heterocycles. The molecule has 56 heavy (non-hydrogen) atoms. The summed E-state index contributed by atoms with van der Waals surface area (Å²) in [5, 5.41) is 30.3. The number of benzene rings is 1. The zero-order valence-electron chi connectivity index (χ0n) is 34.9. The van der Waals surface area contributed by atoms with Gasteiger partial charge in [0, 0.05) is 44.3 Å². The van der Waals surface area contributed by atoms with Crippen LogP contribution in [0.25, 0.3) is 0 Å². The molecule has 5 N–H and O–H groups in total. The highest BCUT2D eigenvalue weighted by molar-refractivity contribution is 7.09. The first-order valence-electron chi connectivity index (χ1n) is 19.1. The molecule has 0 aliphatic rings. The van der Waals surface area contributed by atoms with E-state index in [0.29, 0.717) is 17.0 Å². The summed E-state index contributed by atoms with van der Waals surface area (Å²) in [6, 6.07) is 2.69. The fourth-order valence-electron chi connectivity index (χ4n) is 5.94. The molecule has 1 aromatic carbocycles. The van der Waals surface area contributed by atoms with Crippen molar-refractivity contribution in [3.63, 3.8) is 0 Å². The van der Waals surface area contributed by atoms with Crippen LogP contribution in [0.3, 0.4) is 0 Å². The number of thiazole rings is 1. The number of esters is 1. The number of likely N-dealkylation sites (N-methyl/N-ethyl adjacent to an activating group) is 2. The van der Waals surface area contributed by atoms with Crippen LogP contribution in [0.15, 0.2) is 23.6 Å². The van der Waals surface area contributed by atoms with Gasteiger partial charge in [-0.15, -0.1) is 11.3 Å². The molecule has 0 saturated heterocycles. The molecule has 15 nitrogen and oxygen atoms in total. The highest BCUT2D eigenvalue weighted by Crippen LogP contribution is 2.31. The van der Waals surface area contributed by atoms with Gasteiger partial charge in [-0.1, -0.05) is 54.0 Å². The van der Waals surface area contributed by atoms with Crippen molar-refractivity contribution < 1.29 is 43.7 Å². The van der Waals surface area contributed by atoms with Crippen LogP contribution in [0.5, 0.6) is 5.75 Å². The van der Waals surface area contributed by atoms with Gasteiger partial charge in [-0.05, 0) is 70.3 Å². The number of aromatic nitrogens is 1. The predicted molar refractivity (Wildman–Crippen MR) is 215 cm³/mol. The first-order chi connectivity index (χ1) is 26.0. The number of phenolic OH excluding ortho intramolecular Hbond substituents is 1. The number of nitrogens with zero attached hydrogens (tertiary/aromatic N) is 3. The number of rotatable bonds is 21. The average Bonchev–Trinajstić information content (AvgIpc) is 3.62. The monoisotopic (exact) mass is 802 g/mol. The van der Waals surface area contributed by atoms with Crippen molar-refractivity contribution in [3.8, 4) is 5.75 Å². The Kier molecular flexibility index (Phi) is 17.9. The smallest absolute Gasteiger partial charge is 0.306 e. The van der Waals surface area contributed by atoms with E-state index in [2.05, 4.69) is 20.9 Å². The van der Waals surface area contributed by atoms with Crippen LogP contribution >= 0.6 is 11.3 Å². The minimum atomic E-state index is -1.04. The summed E-state index contributed by atoms with van der Waals surface area (Å²) < 4.78 is 5.75. The molecule has 0 radical (unpaired) electrons. The van der Waals surface area contributed by atoms with Crippen LogP contribution in [0.1, 0.15) is 115 Å². The van der Waals surface area contributed by atoms with Gasteiger partial charge in [0.2, 0.25) is 17.7 Å². The van der Waals surface area contributed by atoms with Crippen LogP contribution in [0, 0.1) is 17.8 Å². The molecule has 0 saturated carbocycles. The third-order valence-corrected chi connectivity index (χ3v) is 11.3. The van der Waals surface area contributed by atoms with E-state index in [1.54, 1.807) is 63.8 Å². The van der Waals surface area contributed by atoms with Gasteiger partial charge in [0.15, 0.2) is 6.10 Å². The lowest BCUT2D eigenvalue weighted by Gasteiger charge is -2.38. The highest BCUT2D eigenvalue weighted by atomic mass is 32.1. The number of hydrogen-bond acceptors (Lipinski definition) is 11. The third kappa shape index (κ3) is 13.3. The Labute approximate surface area is 335 Å². The number of amides is 4. The van der Waals surface area contributed by atoms with Gasteiger partial charge in [0.05, 0.1) is 17.1 Å². The fraction of sp³-hybridized carbons (Fsp3) is 0.625. The van der Waals surface area contributed by atoms with Crippen molar-refractivity contribution in [2.45, 2.75) is 124 Å². The van der Waals surface area contributed by atoms with Gasteiger partial charge in [-0.3, -0.25) is 33.7 Å². The van der Waals surface area contributed by atoms with E-state index in [9.17, 15) is 39.0 Å². The number of nitrogens with one attached hydrogen (secondary N) is 3. The molecule has 16 heteroatoms. The number of aromatic hydroxyl groups is 1. The number of phenols is 1. The number of ether oxygens (including phenoxy) is 1. The highest BCUT2D eigenvalue weighted by Gasteiger charge is 2.39. The van der Waals surface area contributed by atoms with Gasteiger partial charge in [0.1, 0.15) is 22.5 Å². The maximum absolute atomic E-state index is 14.2. The van der Waals surface area contributed by atoms with E-state index in [0.717, 1.165) is 11.3 Å². The standard InChI is InChI=1S/C40H62N6O9S/c1-13-23(5)34(44-39(54)40(8,9)45(10)11)37(51)46(12)30(22(3)4)20-32(55-25(7)47)36-43-29(21-56-36)35(50)41-27(17-24(6)38(52)53)18-26-15-16-31(48)28(19-26)42-33(49)14-2/h15-16,19,21-24,27,30,32,34,48H,13-14,17-18,20H2,1-12H3,(H,41,50)(H,42,49)(H,44,54)(H,52,53)/t23-,24-,27+,30?,32+,34-/m0/s1. The second-order valence-electron chi connectivity index (χ2n) is 15.6. The Morgan fingerprint density at radius 1 is 0.982 bits per heavy atom. The minimum absolute atomic E-state index is 0.0327. The molecular weight excluding hydrogens is 741 g/mol. The SMILES string of the molecule is CCC(=O)Nc1cc(C[C@@H](C[C@H](C)C(=O)O)NC(=O)c2csc([C@@H](CC(C(C)C)N(C)C(=O)[C@@H](NC(=O)C(C)(C)N(C)C)[C@@H](C)CC)OC(C)=O)n2)ccc1O. The number of hydrogen-bond donors (Lipinski definition) is 5. The zero-order chi connectivity index (χ0) is 42.7. The largest absolute Gasteiger partial charge is 0.506 e. The first kappa shape index (κ1) is 47.6. The van der Waals surface area contributed by atoms with Gasteiger partial charge < -0.3 is 35.8 Å². The summed E-state index contributed by atoms with van der Waals surface area (Å²) >= 11 is 1.12. The molecule has 1 unspecified atom stereocenters. The van der Waals surface area contributed by atoms with E-state index in [4.69, 9.17) is 4.74 Å². The normalized spacial score (nSPS) is 14.9. The molecule has 0 spiro atoms. The van der Waals surface area contributed by atoms with Crippen LogP contribution in [0.4, 0.5) is 5.69 Å². The number of carbonyl (C=O) groups is 6. The lowest BCUT2D eigenvalue weighted by Crippen LogP contribution is -2.60. The van der Waals surface area contributed by atoms with Crippen molar-refractivity contribution >= 4 is 52.6 Å². The summed E-state index contributed by atoms with van der Waals surface area (Å²) in [4.78, 5) is 85.3. The molecular formula is C40H62N6O9S. The Bertz CT molecular complexity index is 1690. The molecule has 2 aromatic rings. The number of carboxylic acid groups (broad SMARTS) is 1. The molecule has 0 fully saturated rings. The quantitative estimate of drug-likeness (QED) is 0.0839. The van der Waals surface area contributed by atoms with Crippen LogP contribution in [-0.4, -0.2) is 105 Å². The fourth-order valence-corrected chi connectivity index (χ4v) is 6.78. The van der Waals surface area contributed by atoms with Crippen molar-refractivity contribution in [2.24, 2.45) is 17.8 Å². The molecule has 6 atom stereocenters. The van der Waals surface area contributed by atoms with Crippen molar-refractivity contribution in [1.82, 2.24) is 25.4 Å². The maximum atomic E-state index is 14.2. The van der Waals surface area contributed by atoms with E-state index < -0.39 is 53.5 Å². The Hall–Kier alpha value is -4.57. The van der Waals surface area contributed by atoms with E-state index >= 15 is 0 Å². The first-order valence-corrected chi connectivity index (χ1v) is 19.9. The van der Waals surface area contributed by atoms with Crippen LogP contribution < -0.4 is 16.0 Å². The molecule has 0 aliphatic carbocycles. The minimum Gasteiger partial charge on any atom is -0.506 e.